The number of fused-ring (bicyclic) bond motifs is 1. The van der Waals surface area contributed by atoms with E-state index in [-0.39, 0.29) is 11.3 Å². The average molecular weight is 305 g/mol. The average Bonchev–Trinajstić information content (AvgIpc) is 2.88. The van der Waals surface area contributed by atoms with Crippen molar-refractivity contribution in [2.75, 3.05) is 5.32 Å². The highest BCUT2D eigenvalue weighted by Gasteiger charge is 2.38. The number of nitrogens with zero attached hydrogens (tertiary/aromatic N) is 1. The molecule has 0 spiro atoms. The SMILES string of the molecule is CC1(C)OC(=O)C(=CNc2ccc3[nH]ncc3c2F)C(=O)O1. The summed E-state index contributed by atoms with van der Waals surface area (Å²) in [5.41, 5.74) is 0.284. The number of hydrogen-bond acceptors (Lipinski definition) is 6. The molecule has 1 saturated heterocycles. The first kappa shape index (κ1) is 14.1. The molecule has 0 unspecified atom stereocenters. The molecule has 1 aromatic carbocycles. The minimum Gasteiger partial charge on any atom is -0.419 e. The second-order valence-corrected chi connectivity index (χ2v) is 5.14. The first-order chi connectivity index (χ1) is 10.4. The highest BCUT2D eigenvalue weighted by molar-refractivity contribution is 6.15. The Morgan fingerprint density at radius 2 is 1.95 bits per heavy atom. The maximum Gasteiger partial charge on any atom is 0.350 e. The zero-order chi connectivity index (χ0) is 15.9. The lowest BCUT2D eigenvalue weighted by Crippen LogP contribution is -2.42. The van der Waals surface area contributed by atoms with Gasteiger partial charge in [0.25, 0.3) is 5.79 Å². The number of hydrogen-bond donors (Lipinski definition) is 2. The number of halogens is 1. The summed E-state index contributed by atoms with van der Waals surface area (Å²) in [5, 5.41) is 9.23. The summed E-state index contributed by atoms with van der Waals surface area (Å²) in [7, 11) is 0. The molecule has 2 N–H and O–H groups in total. The van der Waals surface area contributed by atoms with Crippen molar-refractivity contribution < 1.29 is 23.5 Å². The van der Waals surface area contributed by atoms with E-state index in [9.17, 15) is 14.0 Å². The van der Waals surface area contributed by atoms with Crippen LogP contribution in [0.15, 0.2) is 30.1 Å². The molecular weight excluding hydrogens is 293 g/mol. The summed E-state index contributed by atoms with van der Waals surface area (Å²) < 4.78 is 24.1. The monoisotopic (exact) mass is 305 g/mol. The molecule has 22 heavy (non-hydrogen) atoms. The van der Waals surface area contributed by atoms with E-state index in [1.165, 1.54) is 26.1 Å². The van der Waals surface area contributed by atoms with E-state index >= 15 is 0 Å². The molecule has 2 heterocycles. The van der Waals surface area contributed by atoms with E-state index in [0.717, 1.165) is 6.20 Å². The van der Waals surface area contributed by atoms with Crippen LogP contribution in [-0.4, -0.2) is 27.9 Å². The van der Waals surface area contributed by atoms with Crippen LogP contribution in [0.25, 0.3) is 10.9 Å². The van der Waals surface area contributed by atoms with Crippen molar-refractivity contribution in [2.24, 2.45) is 0 Å². The standard InChI is InChI=1S/C14H12FN3O4/c1-14(2)21-12(19)8(13(20)22-14)5-16-10-4-3-9-7(11(10)15)6-17-18-9/h3-6,16H,1-2H3,(H,17,18). The molecule has 8 heteroatoms. The maximum atomic E-state index is 14.2. The molecule has 1 aliphatic heterocycles. The van der Waals surface area contributed by atoms with Gasteiger partial charge in [-0.25, -0.2) is 14.0 Å². The van der Waals surface area contributed by atoms with Gasteiger partial charge in [0.1, 0.15) is 0 Å². The van der Waals surface area contributed by atoms with E-state index in [0.29, 0.717) is 10.9 Å². The Morgan fingerprint density at radius 1 is 1.27 bits per heavy atom. The zero-order valence-corrected chi connectivity index (χ0v) is 11.8. The third-order valence-corrected chi connectivity index (χ3v) is 3.05. The van der Waals surface area contributed by atoms with Gasteiger partial charge < -0.3 is 14.8 Å². The number of anilines is 1. The van der Waals surface area contributed by atoms with Gasteiger partial charge >= 0.3 is 11.9 Å². The second kappa shape index (κ2) is 4.83. The first-order valence-corrected chi connectivity index (χ1v) is 6.42. The van der Waals surface area contributed by atoms with E-state index in [1.54, 1.807) is 6.07 Å². The summed E-state index contributed by atoms with van der Waals surface area (Å²) in [6, 6.07) is 3.07. The van der Waals surface area contributed by atoms with E-state index < -0.39 is 23.5 Å². The van der Waals surface area contributed by atoms with Gasteiger partial charge in [0.05, 0.1) is 22.8 Å². The molecule has 1 fully saturated rings. The molecular formula is C14H12FN3O4. The van der Waals surface area contributed by atoms with Crippen molar-refractivity contribution in [3.8, 4) is 0 Å². The Hall–Kier alpha value is -2.90. The molecule has 0 amide bonds. The lowest BCUT2D eigenvalue weighted by Gasteiger charge is -2.29. The Labute approximate surface area is 124 Å². The van der Waals surface area contributed by atoms with Crippen LogP contribution in [-0.2, 0) is 19.1 Å². The highest BCUT2D eigenvalue weighted by atomic mass is 19.1. The van der Waals surface area contributed by atoms with Crippen molar-refractivity contribution in [3.63, 3.8) is 0 Å². The largest absolute Gasteiger partial charge is 0.419 e. The number of aromatic amines is 1. The Kier molecular flexibility index (Phi) is 3.09. The molecule has 0 atom stereocenters. The smallest absolute Gasteiger partial charge is 0.350 e. The number of benzene rings is 1. The van der Waals surface area contributed by atoms with E-state index in [4.69, 9.17) is 9.47 Å². The summed E-state index contributed by atoms with van der Waals surface area (Å²) >= 11 is 0. The zero-order valence-electron chi connectivity index (χ0n) is 11.8. The number of nitrogens with one attached hydrogen (secondary N) is 2. The van der Waals surface area contributed by atoms with Gasteiger partial charge in [-0.3, -0.25) is 5.10 Å². The molecule has 1 aromatic heterocycles. The van der Waals surface area contributed by atoms with Gasteiger partial charge in [0.15, 0.2) is 11.4 Å². The number of ether oxygens (including phenoxy) is 2. The molecule has 0 bridgehead atoms. The van der Waals surface area contributed by atoms with Crippen LogP contribution in [0.3, 0.4) is 0 Å². The number of aromatic nitrogens is 2. The maximum absolute atomic E-state index is 14.2. The summed E-state index contributed by atoms with van der Waals surface area (Å²) in [5.74, 6) is -3.54. The van der Waals surface area contributed by atoms with Crippen molar-refractivity contribution in [1.82, 2.24) is 10.2 Å². The Bertz CT molecular complexity index is 788. The number of carbonyl (C=O) groups is 2. The lowest BCUT2D eigenvalue weighted by molar-refractivity contribution is -0.222. The molecule has 0 saturated carbocycles. The van der Waals surface area contributed by atoms with Crippen molar-refractivity contribution in [2.45, 2.75) is 19.6 Å². The summed E-state index contributed by atoms with van der Waals surface area (Å²) in [6.45, 7) is 2.89. The minimum atomic E-state index is -1.31. The molecule has 114 valence electrons. The summed E-state index contributed by atoms with van der Waals surface area (Å²) in [4.78, 5) is 23.5. The van der Waals surface area contributed by atoms with Crippen LogP contribution in [0.5, 0.6) is 0 Å². The number of H-pyrrole nitrogens is 1. The highest BCUT2D eigenvalue weighted by Crippen LogP contribution is 2.25. The van der Waals surface area contributed by atoms with Crippen LogP contribution in [0.2, 0.25) is 0 Å². The molecule has 7 nitrogen and oxygen atoms in total. The van der Waals surface area contributed by atoms with Gasteiger partial charge in [-0.15, -0.1) is 0 Å². The molecule has 3 rings (SSSR count). The summed E-state index contributed by atoms with van der Waals surface area (Å²) in [6.07, 6.45) is 2.40. The van der Waals surface area contributed by atoms with Crippen LogP contribution >= 0.6 is 0 Å². The number of cyclic esters (lactones) is 2. The van der Waals surface area contributed by atoms with Crippen molar-refractivity contribution in [3.05, 3.63) is 35.9 Å². The van der Waals surface area contributed by atoms with Crippen molar-refractivity contribution in [1.29, 1.82) is 0 Å². The van der Waals surface area contributed by atoms with Gasteiger partial charge in [-0.2, -0.15) is 5.10 Å². The van der Waals surface area contributed by atoms with Crippen LogP contribution in [0.4, 0.5) is 10.1 Å². The molecule has 0 radical (unpaired) electrons. The predicted octanol–water partition coefficient (Wildman–Crippen LogP) is 1.83. The number of carbonyl (C=O) groups excluding carboxylic acids is 2. The third kappa shape index (κ3) is 2.39. The third-order valence-electron chi connectivity index (χ3n) is 3.05. The minimum absolute atomic E-state index is 0.0897. The normalized spacial score (nSPS) is 17.1. The van der Waals surface area contributed by atoms with Gasteiger partial charge in [0, 0.05) is 20.0 Å². The fourth-order valence-electron chi connectivity index (χ4n) is 2.02. The first-order valence-electron chi connectivity index (χ1n) is 6.42. The van der Waals surface area contributed by atoms with Gasteiger partial charge in [-0.05, 0) is 12.1 Å². The lowest BCUT2D eigenvalue weighted by atomic mass is 10.2. The Morgan fingerprint density at radius 3 is 2.64 bits per heavy atom. The van der Waals surface area contributed by atoms with Gasteiger partial charge in [0.2, 0.25) is 0 Å². The molecule has 0 aliphatic carbocycles. The molecule has 2 aromatic rings. The fourth-order valence-corrected chi connectivity index (χ4v) is 2.02. The van der Waals surface area contributed by atoms with Crippen LogP contribution in [0, 0.1) is 5.82 Å². The van der Waals surface area contributed by atoms with Crippen LogP contribution < -0.4 is 5.32 Å². The van der Waals surface area contributed by atoms with Crippen LogP contribution in [0.1, 0.15) is 13.8 Å². The Balaban J connectivity index is 1.88. The number of rotatable bonds is 2. The van der Waals surface area contributed by atoms with E-state index in [1.807, 2.05) is 0 Å². The van der Waals surface area contributed by atoms with E-state index in [2.05, 4.69) is 15.5 Å². The number of esters is 2. The predicted molar refractivity (Wildman–Crippen MR) is 74.0 cm³/mol. The quantitative estimate of drug-likeness (QED) is 0.499. The second-order valence-electron chi connectivity index (χ2n) is 5.14. The fraction of sp³-hybridized carbons (Fsp3) is 0.214. The molecule has 1 aliphatic rings. The van der Waals surface area contributed by atoms with Crippen molar-refractivity contribution >= 4 is 28.5 Å². The topological polar surface area (TPSA) is 93.3 Å². The van der Waals surface area contributed by atoms with Gasteiger partial charge in [-0.1, -0.05) is 0 Å².